The summed E-state index contributed by atoms with van der Waals surface area (Å²) in [5.41, 5.74) is 0.882. The molecule has 0 amide bonds. The van der Waals surface area contributed by atoms with Crippen molar-refractivity contribution in [3.05, 3.63) is 34.4 Å². The summed E-state index contributed by atoms with van der Waals surface area (Å²) in [5.74, 6) is 1.62. The standard InChI is InChI=1S/C13H14Br2N4O2S/c1-2-22-13-17-16-12(18(13)8-10(15)7-14)9-3-5-11(6-4-9)19(20)21/h3-6,10H,2,7-8H2,1H3/t10-/m1/s1. The smallest absolute Gasteiger partial charge is 0.269 e. The molecule has 2 aromatic rings. The van der Waals surface area contributed by atoms with Gasteiger partial charge in [-0.2, -0.15) is 0 Å². The van der Waals surface area contributed by atoms with Crippen LogP contribution in [0.5, 0.6) is 0 Å². The molecular weight excluding hydrogens is 436 g/mol. The van der Waals surface area contributed by atoms with Crippen molar-refractivity contribution in [3.63, 3.8) is 0 Å². The lowest BCUT2D eigenvalue weighted by Gasteiger charge is -2.12. The number of non-ortho nitro benzene ring substituents is 1. The van der Waals surface area contributed by atoms with Crippen LogP contribution in [-0.2, 0) is 6.54 Å². The molecule has 1 aromatic carbocycles. The zero-order valence-corrected chi connectivity index (χ0v) is 15.8. The molecule has 0 unspecified atom stereocenters. The molecule has 0 bridgehead atoms. The third kappa shape index (κ3) is 4.08. The molecule has 6 nitrogen and oxygen atoms in total. The number of alkyl halides is 2. The number of halogens is 2. The fraction of sp³-hybridized carbons (Fsp3) is 0.385. The number of thioether (sulfide) groups is 1. The largest absolute Gasteiger partial charge is 0.301 e. The molecule has 0 spiro atoms. The van der Waals surface area contributed by atoms with E-state index in [-0.39, 0.29) is 10.5 Å². The Morgan fingerprint density at radius 1 is 1.36 bits per heavy atom. The second kappa shape index (κ2) is 8.07. The van der Waals surface area contributed by atoms with Crippen molar-refractivity contribution in [2.24, 2.45) is 0 Å². The van der Waals surface area contributed by atoms with Crippen LogP contribution in [0.4, 0.5) is 5.69 Å². The van der Waals surface area contributed by atoms with Gasteiger partial charge in [0.1, 0.15) is 0 Å². The number of nitro groups is 1. The highest BCUT2D eigenvalue weighted by Crippen LogP contribution is 2.26. The van der Waals surface area contributed by atoms with Crippen molar-refractivity contribution in [2.45, 2.75) is 23.5 Å². The van der Waals surface area contributed by atoms with Crippen molar-refractivity contribution in [3.8, 4) is 11.4 Å². The zero-order valence-electron chi connectivity index (χ0n) is 11.8. The van der Waals surface area contributed by atoms with Gasteiger partial charge in [0.05, 0.1) is 4.92 Å². The normalized spacial score (nSPS) is 12.3. The fourth-order valence-corrected chi connectivity index (χ4v) is 3.05. The number of benzene rings is 1. The summed E-state index contributed by atoms with van der Waals surface area (Å²) < 4.78 is 2.04. The Balaban J connectivity index is 2.38. The minimum Gasteiger partial charge on any atom is -0.301 e. The van der Waals surface area contributed by atoms with Crippen molar-refractivity contribution in [1.82, 2.24) is 14.8 Å². The number of aromatic nitrogens is 3. The number of hydrogen-bond donors (Lipinski definition) is 0. The Labute approximate surface area is 149 Å². The molecule has 0 N–H and O–H groups in total. The molecule has 1 heterocycles. The lowest BCUT2D eigenvalue weighted by molar-refractivity contribution is -0.384. The molecule has 9 heteroatoms. The van der Waals surface area contributed by atoms with E-state index >= 15 is 0 Å². The summed E-state index contributed by atoms with van der Waals surface area (Å²) in [6, 6.07) is 6.38. The number of nitrogens with zero attached hydrogens (tertiary/aromatic N) is 4. The molecule has 1 atom stereocenters. The Morgan fingerprint density at radius 3 is 2.59 bits per heavy atom. The SMILES string of the molecule is CCSc1nnc(-c2ccc([N+](=O)[O-])cc2)n1C[C@H](Br)CBr. The summed E-state index contributed by atoms with van der Waals surface area (Å²) in [6.07, 6.45) is 0. The van der Waals surface area contributed by atoms with Crippen LogP contribution in [0.3, 0.4) is 0 Å². The van der Waals surface area contributed by atoms with Gasteiger partial charge in [0, 0.05) is 34.4 Å². The van der Waals surface area contributed by atoms with Gasteiger partial charge in [-0.25, -0.2) is 0 Å². The topological polar surface area (TPSA) is 73.8 Å². The van der Waals surface area contributed by atoms with Crippen LogP contribution in [-0.4, -0.2) is 35.6 Å². The molecule has 0 saturated carbocycles. The molecule has 0 radical (unpaired) electrons. The highest BCUT2D eigenvalue weighted by Gasteiger charge is 2.17. The van der Waals surface area contributed by atoms with Crippen molar-refractivity contribution >= 4 is 49.3 Å². The lowest BCUT2D eigenvalue weighted by atomic mass is 10.2. The first-order valence-corrected chi connectivity index (χ1v) is 9.60. The summed E-state index contributed by atoms with van der Waals surface area (Å²) in [4.78, 5) is 10.6. The molecule has 118 valence electrons. The first-order chi connectivity index (χ1) is 10.6. The zero-order chi connectivity index (χ0) is 16.1. The lowest BCUT2D eigenvalue weighted by Crippen LogP contribution is -2.13. The number of hydrogen-bond acceptors (Lipinski definition) is 5. The molecule has 2 rings (SSSR count). The second-order valence-electron chi connectivity index (χ2n) is 4.41. The summed E-state index contributed by atoms with van der Waals surface area (Å²) >= 11 is 8.67. The number of nitro benzene ring substituents is 1. The van der Waals surface area contributed by atoms with Crippen molar-refractivity contribution in [1.29, 1.82) is 0 Å². The van der Waals surface area contributed by atoms with Gasteiger partial charge in [0.2, 0.25) is 0 Å². The predicted molar refractivity (Wildman–Crippen MR) is 95.0 cm³/mol. The van der Waals surface area contributed by atoms with Crippen LogP contribution in [0.25, 0.3) is 11.4 Å². The first-order valence-electron chi connectivity index (χ1n) is 6.57. The van der Waals surface area contributed by atoms with Gasteiger partial charge in [-0.15, -0.1) is 10.2 Å². The van der Waals surface area contributed by atoms with Crippen LogP contribution in [0.1, 0.15) is 6.92 Å². The van der Waals surface area contributed by atoms with Crippen LogP contribution < -0.4 is 0 Å². The molecular formula is C13H14Br2N4O2S. The van der Waals surface area contributed by atoms with Crippen LogP contribution >= 0.6 is 43.6 Å². The van der Waals surface area contributed by atoms with E-state index in [1.807, 2.05) is 4.57 Å². The first kappa shape index (κ1) is 17.4. The minimum atomic E-state index is -0.410. The van der Waals surface area contributed by atoms with Crippen molar-refractivity contribution in [2.75, 3.05) is 11.1 Å². The molecule has 0 aliphatic rings. The van der Waals surface area contributed by atoms with E-state index in [1.165, 1.54) is 12.1 Å². The van der Waals surface area contributed by atoms with E-state index in [0.717, 1.165) is 27.6 Å². The van der Waals surface area contributed by atoms with Crippen LogP contribution in [0.2, 0.25) is 0 Å². The summed E-state index contributed by atoms with van der Waals surface area (Å²) in [7, 11) is 0. The molecule has 0 aliphatic carbocycles. The molecule has 0 aliphatic heterocycles. The molecule has 22 heavy (non-hydrogen) atoms. The highest BCUT2D eigenvalue weighted by atomic mass is 79.9. The van der Waals surface area contributed by atoms with Gasteiger partial charge < -0.3 is 4.57 Å². The van der Waals surface area contributed by atoms with Gasteiger partial charge in [0.15, 0.2) is 11.0 Å². The number of rotatable bonds is 7. The highest BCUT2D eigenvalue weighted by molar-refractivity contribution is 9.12. The average Bonchev–Trinajstić information content (AvgIpc) is 2.90. The maximum atomic E-state index is 10.7. The van der Waals surface area contributed by atoms with E-state index in [4.69, 9.17) is 0 Å². The monoisotopic (exact) mass is 448 g/mol. The Bertz CT molecular complexity index is 648. The quantitative estimate of drug-likeness (QED) is 0.275. The van der Waals surface area contributed by atoms with Crippen LogP contribution in [0, 0.1) is 10.1 Å². The van der Waals surface area contributed by atoms with Gasteiger partial charge >= 0.3 is 0 Å². The van der Waals surface area contributed by atoms with E-state index in [2.05, 4.69) is 49.0 Å². The van der Waals surface area contributed by atoms with E-state index in [0.29, 0.717) is 6.54 Å². The summed E-state index contributed by atoms with van der Waals surface area (Å²) in [6.45, 7) is 2.78. The van der Waals surface area contributed by atoms with Crippen LogP contribution in [0.15, 0.2) is 29.4 Å². The van der Waals surface area contributed by atoms with Gasteiger partial charge in [0.25, 0.3) is 5.69 Å². The summed E-state index contributed by atoms with van der Waals surface area (Å²) in [5, 5.41) is 20.9. The Kier molecular flexibility index (Phi) is 6.39. The van der Waals surface area contributed by atoms with E-state index < -0.39 is 4.92 Å². The maximum Gasteiger partial charge on any atom is 0.269 e. The Morgan fingerprint density at radius 2 is 2.05 bits per heavy atom. The Hall–Kier alpha value is -0.930. The second-order valence-corrected chi connectivity index (χ2v) is 7.58. The van der Waals surface area contributed by atoms with Crippen molar-refractivity contribution < 1.29 is 4.92 Å². The van der Waals surface area contributed by atoms with Gasteiger partial charge in [-0.3, -0.25) is 10.1 Å². The van der Waals surface area contributed by atoms with Gasteiger partial charge in [-0.1, -0.05) is 50.5 Å². The predicted octanol–water partition coefficient (Wildman–Crippen LogP) is 4.12. The van der Waals surface area contributed by atoms with E-state index in [1.54, 1.807) is 23.9 Å². The third-order valence-electron chi connectivity index (χ3n) is 2.87. The van der Waals surface area contributed by atoms with Gasteiger partial charge in [-0.05, 0) is 17.9 Å². The third-order valence-corrected chi connectivity index (χ3v) is 5.99. The molecule has 0 saturated heterocycles. The fourth-order valence-electron chi connectivity index (χ4n) is 1.88. The maximum absolute atomic E-state index is 10.7. The molecule has 0 fully saturated rings. The minimum absolute atomic E-state index is 0.0665. The van der Waals surface area contributed by atoms with E-state index in [9.17, 15) is 10.1 Å². The molecule has 1 aromatic heterocycles. The average molecular weight is 450 g/mol.